The van der Waals surface area contributed by atoms with Gasteiger partial charge in [0.05, 0.1) is 11.8 Å². The number of anilines is 1. The fourth-order valence-electron chi connectivity index (χ4n) is 6.70. The molecule has 0 spiro atoms. The lowest BCUT2D eigenvalue weighted by atomic mass is 9.63. The van der Waals surface area contributed by atoms with E-state index in [-0.39, 0.29) is 53.4 Å². The summed E-state index contributed by atoms with van der Waals surface area (Å²) in [5.74, 6) is 1.76. The van der Waals surface area contributed by atoms with Crippen LogP contribution in [-0.4, -0.2) is 28.7 Å². The number of rotatable bonds is 3. The molecule has 4 fully saturated rings. The number of carbonyl (C=O) groups is 3. The third-order valence-corrected chi connectivity index (χ3v) is 8.17. The lowest BCUT2D eigenvalue weighted by Gasteiger charge is -2.37. The lowest BCUT2D eigenvalue weighted by molar-refractivity contribution is -0.144. The van der Waals surface area contributed by atoms with E-state index in [1.807, 2.05) is 30.3 Å². The van der Waals surface area contributed by atoms with E-state index >= 15 is 0 Å². The molecule has 6 aliphatic rings. The van der Waals surface area contributed by atoms with Gasteiger partial charge in [0.1, 0.15) is 0 Å². The normalized spacial score (nSPS) is 41.9. The summed E-state index contributed by atoms with van der Waals surface area (Å²) in [6, 6.07) is 9.48. The van der Waals surface area contributed by atoms with Crippen molar-refractivity contribution in [3.63, 3.8) is 0 Å². The average molecular weight is 390 g/mol. The van der Waals surface area contributed by atoms with Crippen LogP contribution >= 0.6 is 0 Å². The van der Waals surface area contributed by atoms with E-state index in [1.54, 1.807) is 4.90 Å². The van der Waals surface area contributed by atoms with Crippen molar-refractivity contribution >= 4 is 23.4 Å². The topological polar surface area (TPSA) is 66.5 Å². The number of imide groups is 1. The maximum Gasteiger partial charge on any atom is 0.233 e. The first-order valence-electron chi connectivity index (χ1n) is 11.0. The quantitative estimate of drug-likeness (QED) is 0.636. The number of nitrogens with one attached hydrogen (secondary N) is 1. The van der Waals surface area contributed by atoms with Crippen molar-refractivity contribution < 1.29 is 14.4 Å². The predicted octanol–water partition coefficient (Wildman–Crippen LogP) is 3.24. The van der Waals surface area contributed by atoms with E-state index in [1.165, 1.54) is 6.42 Å². The molecule has 0 radical (unpaired) electrons. The first kappa shape index (κ1) is 17.4. The van der Waals surface area contributed by atoms with Gasteiger partial charge in [0.25, 0.3) is 0 Å². The molecule has 5 heteroatoms. The number of nitrogens with zero attached hydrogens (tertiary/aromatic N) is 1. The second-order valence-corrected chi connectivity index (χ2v) is 9.56. The van der Waals surface area contributed by atoms with Gasteiger partial charge in [-0.1, -0.05) is 30.4 Å². The van der Waals surface area contributed by atoms with Crippen LogP contribution in [0.1, 0.15) is 32.1 Å². The second kappa shape index (κ2) is 6.28. The van der Waals surface area contributed by atoms with Gasteiger partial charge < -0.3 is 5.32 Å². The van der Waals surface area contributed by atoms with E-state index in [4.69, 9.17) is 0 Å². The van der Waals surface area contributed by atoms with Crippen molar-refractivity contribution in [3.05, 3.63) is 42.5 Å². The molecule has 1 aliphatic heterocycles. The molecule has 1 heterocycles. The average Bonchev–Trinajstić information content (AvgIpc) is 3.53. The summed E-state index contributed by atoms with van der Waals surface area (Å²) in [7, 11) is 0. The number of carbonyl (C=O) groups excluding carboxylic acids is 3. The molecule has 0 aromatic heterocycles. The molecular weight excluding hydrogens is 364 g/mol. The smallest absolute Gasteiger partial charge is 0.233 e. The second-order valence-electron chi connectivity index (χ2n) is 9.56. The minimum absolute atomic E-state index is 0.0305. The van der Waals surface area contributed by atoms with Crippen LogP contribution < -0.4 is 5.32 Å². The van der Waals surface area contributed by atoms with E-state index in [2.05, 4.69) is 17.5 Å². The Labute approximate surface area is 170 Å². The molecule has 5 aliphatic carbocycles. The molecule has 0 unspecified atom stereocenters. The monoisotopic (exact) mass is 390 g/mol. The number of para-hydroxylation sites is 1. The Morgan fingerprint density at radius 1 is 0.862 bits per heavy atom. The molecule has 3 saturated carbocycles. The Hall–Kier alpha value is -2.43. The molecule has 150 valence electrons. The van der Waals surface area contributed by atoms with Crippen molar-refractivity contribution in [2.24, 2.45) is 41.4 Å². The third kappa shape index (κ3) is 2.55. The Morgan fingerprint density at radius 2 is 1.45 bits per heavy atom. The van der Waals surface area contributed by atoms with Crippen LogP contribution in [0.4, 0.5) is 5.69 Å². The molecule has 1 aromatic rings. The summed E-state index contributed by atoms with van der Waals surface area (Å²) in [5, 5.41) is 2.99. The summed E-state index contributed by atoms with van der Waals surface area (Å²) in [6.45, 7) is 0. The molecule has 5 nitrogen and oxygen atoms in total. The lowest BCUT2D eigenvalue weighted by Crippen LogP contribution is -2.44. The Kier molecular flexibility index (Phi) is 3.78. The van der Waals surface area contributed by atoms with Crippen molar-refractivity contribution in [1.29, 1.82) is 0 Å². The van der Waals surface area contributed by atoms with Crippen LogP contribution in [0.15, 0.2) is 42.5 Å². The van der Waals surface area contributed by atoms with Crippen LogP contribution in [-0.2, 0) is 14.4 Å². The zero-order valence-electron chi connectivity index (χ0n) is 16.4. The summed E-state index contributed by atoms with van der Waals surface area (Å²) in [5.41, 5.74) is 0.815. The first-order chi connectivity index (χ1) is 14.1. The summed E-state index contributed by atoms with van der Waals surface area (Å²) < 4.78 is 0. The van der Waals surface area contributed by atoms with Gasteiger partial charge in [0.2, 0.25) is 17.7 Å². The molecule has 7 rings (SSSR count). The van der Waals surface area contributed by atoms with Crippen LogP contribution in [0.2, 0.25) is 0 Å². The highest BCUT2D eigenvalue weighted by Gasteiger charge is 2.67. The van der Waals surface area contributed by atoms with Gasteiger partial charge in [-0.25, -0.2) is 0 Å². The van der Waals surface area contributed by atoms with Gasteiger partial charge in [0, 0.05) is 17.6 Å². The van der Waals surface area contributed by atoms with Crippen LogP contribution in [0.5, 0.6) is 0 Å². The maximum absolute atomic E-state index is 13.3. The van der Waals surface area contributed by atoms with Gasteiger partial charge in [0.15, 0.2) is 0 Å². The van der Waals surface area contributed by atoms with Crippen LogP contribution in [0.25, 0.3) is 0 Å². The molecule has 1 N–H and O–H groups in total. The molecule has 2 bridgehead atoms. The Morgan fingerprint density at radius 3 is 2.03 bits per heavy atom. The highest BCUT2D eigenvalue weighted by Crippen LogP contribution is 2.65. The number of amides is 3. The van der Waals surface area contributed by atoms with Crippen molar-refractivity contribution in [2.45, 2.75) is 38.1 Å². The molecule has 1 aromatic carbocycles. The standard InChI is InChI=1S/C24H26N2O3/c27-22(25-14-4-2-1-3-5-14)13-6-8-15(9-7-13)26-23(28)20-16-10-11-17(19-12-18(16)19)21(20)24(26)29/h1-5,10-11,13,15-21H,6-9,12H2,(H,25,27)/t13?,15?,16-,17-,18-,19+,20+,21+/m0/s1. The molecule has 6 atom stereocenters. The molecule has 1 saturated heterocycles. The predicted molar refractivity (Wildman–Crippen MR) is 107 cm³/mol. The number of hydrogen-bond donors (Lipinski definition) is 1. The SMILES string of the molecule is O=C(Nc1ccccc1)C1CCC(N2C(=O)[C@@H]3[C@H]4C=C[C@@H]([C@@H]5C[C@H]45)[C@H]3C2=O)CC1. The summed E-state index contributed by atoms with van der Waals surface area (Å²) in [6.07, 6.45) is 8.56. The van der Waals surface area contributed by atoms with Gasteiger partial charge in [-0.15, -0.1) is 0 Å². The van der Waals surface area contributed by atoms with Crippen molar-refractivity contribution in [1.82, 2.24) is 4.90 Å². The Balaban J connectivity index is 1.12. The van der Waals surface area contributed by atoms with Crippen molar-refractivity contribution in [2.75, 3.05) is 5.32 Å². The maximum atomic E-state index is 13.3. The zero-order chi connectivity index (χ0) is 19.7. The van der Waals surface area contributed by atoms with Gasteiger partial charge >= 0.3 is 0 Å². The molecule has 3 amide bonds. The highest BCUT2D eigenvalue weighted by molar-refractivity contribution is 6.06. The van der Waals surface area contributed by atoms with Crippen molar-refractivity contribution in [3.8, 4) is 0 Å². The largest absolute Gasteiger partial charge is 0.326 e. The molecule has 29 heavy (non-hydrogen) atoms. The van der Waals surface area contributed by atoms with E-state index in [0.29, 0.717) is 11.8 Å². The number of benzene rings is 1. The third-order valence-electron chi connectivity index (χ3n) is 8.17. The summed E-state index contributed by atoms with van der Waals surface area (Å²) >= 11 is 0. The van der Waals surface area contributed by atoms with Crippen LogP contribution in [0, 0.1) is 41.4 Å². The van der Waals surface area contributed by atoms with Gasteiger partial charge in [-0.3, -0.25) is 19.3 Å². The number of hydrogen-bond acceptors (Lipinski definition) is 3. The van der Waals surface area contributed by atoms with Crippen LogP contribution in [0.3, 0.4) is 0 Å². The fraction of sp³-hybridized carbons (Fsp3) is 0.542. The highest BCUT2D eigenvalue weighted by atomic mass is 16.2. The summed E-state index contributed by atoms with van der Waals surface area (Å²) in [4.78, 5) is 40.7. The van der Waals surface area contributed by atoms with Gasteiger partial charge in [-0.05, 0) is 67.9 Å². The zero-order valence-corrected chi connectivity index (χ0v) is 16.4. The van der Waals surface area contributed by atoms with E-state index in [9.17, 15) is 14.4 Å². The Bertz CT molecular complexity index is 866. The fourth-order valence-corrected chi connectivity index (χ4v) is 6.70. The van der Waals surface area contributed by atoms with E-state index in [0.717, 1.165) is 31.4 Å². The minimum atomic E-state index is -0.111. The number of likely N-dealkylation sites (tertiary alicyclic amines) is 1. The number of allylic oxidation sites excluding steroid dienone is 2. The first-order valence-corrected chi connectivity index (χ1v) is 11.0. The van der Waals surface area contributed by atoms with E-state index < -0.39 is 0 Å². The molecular formula is C24H26N2O3. The minimum Gasteiger partial charge on any atom is -0.326 e. The van der Waals surface area contributed by atoms with Gasteiger partial charge in [-0.2, -0.15) is 0 Å².